The van der Waals surface area contributed by atoms with Crippen LogP contribution in [0.4, 0.5) is 5.69 Å². The van der Waals surface area contributed by atoms with Gasteiger partial charge in [0, 0.05) is 38.8 Å². The Kier molecular flexibility index (Phi) is 3.45. The molecule has 4 aromatic rings. The van der Waals surface area contributed by atoms with Crippen molar-refractivity contribution in [1.29, 1.82) is 0 Å². The summed E-state index contributed by atoms with van der Waals surface area (Å²) in [6, 6.07) is 8.07. The third kappa shape index (κ3) is 2.34. The molecule has 4 rings (SSSR count). The van der Waals surface area contributed by atoms with E-state index in [2.05, 4.69) is 15.3 Å². The molecule has 0 amide bonds. The lowest BCUT2D eigenvalue weighted by molar-refractivity contribution is 0.695. The monoisotopic (exact) mass is 338 g/mol. The highest BCUT2D eigenvalue weighted by molar-refractivity contribution is 5.90. The highest BCUT2D eigenvalue weighted by Gasteiger charge is 2.13. The Morgan fingerprint density at radius 3 is 2.84 bits per heavy atom. The molecule has 3 aromatic heterocycles. The Bertz CT molecular complexity index is 1190. The molecular formula is C17H18N6O2. The zero-order valence-electron chi connectivity index (χ0n) is 14.0. The summed E-state index contributed by atoms with van der Waals surface area (Å²) in [6.07, 6.45) is 3.51. The molecule has 3 heterocycles. The van der Waals surface area contributed by atoms with Gasteiger partial charge < -0.3 is 14.9 Å². The lowest BCUT2D eigenvalue weighted by Gasteiger charge is -2.09. The molecule has 0 radical (unpaired) electrons. The predicted molar refractivity (Wildman–Crippen MR) is 97.0 cm³/mol. The van der Waals surface area contributed by atoms with Crippen molar-refractivity contribution in [3.63, 3.8) is 0 Å². The smallest absolute Gasteiger partial charge is 0.332 e. The highest BCUT2D eigenvalue weighted by atomic mass is 16.2. The number of para-hydroxylation sites is 1. The van der Waals surface area contributed by atoms with Crippen molar-refractivity contribution in [1.82, 2.24) is 23.7 Å². The van der Waals surface area contributed by atoms with Crippen molar-refractivity contribution in [2.24, 2.45) is 14.1 Å². The molecule has 0 aliphatic heterocycles. The Balaban J connectivity index is 1.63. The second-order valence-corrected chi connectivity index (χ2v) is 5.99. The first-order valence-electron chi connectivity index (χ1n) is 7.99. The van der Waals surface area contributed by atoms with E-state index >= 15 is 0 Å². The molecule has 0 unspecified atom stereocenters. The molecule has 0 saturated heterocycles. The molecule has 0 spiro atoms. The normalized spacial score (nSPS) is 11.4. The van der Waals surface area contributed by atoms with Gasteiger partial charge in [0.05, 0.1) is 17.5 Å². The van der Waals surface area contributed by atoms with Crippen LogP contribution in [0.1, 0.15) is 0 Å². The van der Waals surface area contributed by atoms with Gasteiger partial charge in [0.2, 0.25) is 0 Å². The molecular weight excluding hydrogens is 320 g/mol. The van der Waals surface area contributed by atoms with Crippen LogP contribution in [0.15, 0.2) is 46.4 Å². The quantitative estimate of drug-likeness (QED) is 0.581. The van der Waals surface area contributed by atoms with Gasteiger partial charge in [-0.05, 0) is 12.1 Å². The largest absolute Gasteiger partial charge is 0.382 e. The number of aromatic nitrogens is 5. The molecule has 1 aromatic carbocycles. The zero-order chi connectivity index (χ0) is 17.6. The van der Waals surface area contributed by atoms with Gasteiger partial charge in [-0.3, -0.25) is 13.9 Å². The molecule has 0 aliphatic rings. The van der Waals surface area contributed by atoms with Crippen LogP contribution >= 0.6 is 0 Å². The number of nitrogens with zero attached hydrogens (tertiary/aromatic N) is 4. The van der Waals surface area contributed by atoms with E-state index in [1.54, 1.807) is 17.9 Å². The van der Waals surface area contributed by atoms with Crippen LogP contribution in [-0.2, 0) is 20.6 Å². The summed E-state index contributed by atoms with van der Waals surface area (Å²) in [4.78, 5) is 31.8. The second-order valence-electron chi connectivity index (χ2n) is 5.99. The standard InChI is InChI=1S/C17H18N6O2/c1-21-15-14(16(24)22(2)17(21)25)23(10-20-15)9-8-18-12-5-3-4-11-6-7-19-13(11)12/h3-7,10,18-19H,8-9H2,1-2H3. The van der Waals surface area contributed by atoms with E-state index in [9.17, 15) is 9.59 Å². The highest BCUT2D eigenvalue weighted by Crippen LogP contribution is 2.21. The van der Waals surface area contributed by atoms with Gasteiger partial charge in [-0.1, -0.05) is 12.1 Å². The maximum atomic E-state index is 12.4. The molecule has 2 N–H and O–H groups in total. The molecule has 0 fully saturated rings. The van der Waals surface area contributed by atoms with Crippen molar-refractivity contribution in [3.05, 3.63) is 57.6 Å². The van der Waals surface area contributed by atoms with E-state index in [0.29, 0.717) is 24.3 Å². The van der Waals surface area contributed by atoms with E-state index in [4.69, 9.17) is 0 Å². The lowest BCUT2D eigenvalue weighted by atomic mass is 10.2. The van der Waals surface area contributed by atoms with Crippen molar-refractivity contribution >= 4 is 27.8 Å². The number of hydrogen-bond acceptors (Lipinski definition) is 4. The Morgan fingerprint density at radius 1 is 1.16 bits per heavy atom. The summed E-state index contributed by atoms with van der Waals surface area (Å²) in [6.45, 7) is 1.18. The third-order valence-corrected chi connectivity index (χ3v) is 4.47. The minimum atomic E-state index is -0.376. The molecule has 8 heteroatoms. The molecule has 0 aliphatic carbocycles. The van der Waals surface area contributed by atoms with E-state index in [1.807, 2.05) is 30.5 Å². The SMILES string of the molecule is Cn1c(=O)c2c(ncn2CCNc2cccc3cc[nH]c23)n(C)c1=O. The third-order valence-electron chi connectivity index (χ3n) is 4.47. The number of imidazole rings is 1. The lowest BCUT2D eigenvalue weighted by Crippen LogP contribution is -2.37. The summed E-state index contributed by atoms with van der Waals surface area (Å²) in [5.41, 5.74) is 2.19. The summed E-state index contributed by atoms with van der Waals surface area (Å²) in [7, 11) is 3.09. The van der Waals surface area contributed by atoms with Crippen LogP contribution in [-0.4, -0.2) is 30.2 Å². The number of nitrogens with one attached hydrogen (secondary N) is 2. The fourth-order valence-electron chi connectivity index (χ4n) is 3.11. The number of aryl methyl sites for hydroxylation is 1. The van der Waals surface area contributed by atoms with Crippen LogP contribution in [0, 0.1) is 0 Å². The van der Waals surface area contributed by atoms with Gasteiger partial charge in [0.1, 0.15) is 0 Å². The summed E-state index contributed by atoms with van der Waals surface area (Å²) < 4.78 is 4.27. The number of anilines is 1. The van der Waals surface area contributed by atoms with E-state index in [1.165, 1.54) is 11.6 Å². The van der Waals surface area contributed by atoms with Crippen molar-refractivity contribution in [3.8, 4) is 0 Å². The number of aromatic amines is 1. The average molecular weight is 338 g/mol. The minimum absolute atomic E-state index is 0.331. The minimum Gasteiger partial charge on any atom is -0.382 e. The first-order chi connectivity index (χ1) is 12.1. The Labute approximate surface area is 142 Å². The number of H-pyrrole nitrogens is 1. The summed E-state index contributed by atoms with van der Waals surface area (Å²) in [5, 5.41) is 4.52. The Morgan fingerprint density at radius 2 is 2.00 bits per heavy atom. The number of fused-ring (bicyclic) bond motifs is 2. The topological polar surface area (TPSA) is 89.6 Å². The fraction of sp³-hybridized carbons (Fsp3) is 0.235. The number of hydrogen-bond donors (Lipinski definition) is 2. The molecule has 0 bridgehead atoms. The maximum absolute atomic E-state index is 12.4. The first-order valence-corrected chi connectivity index (χ1v) is 7.99. The molecule has 0 saturated carbocycles. The summed E-state index contributed by atoms with van der Waals surface area (Å²) in [5.74, 6) is 0. The molecule has 128 valence electrons. The van der Waals surface area contributed by atoms with E-state index in [-0.39, 0.29) is 11.2 Å². The predicted octanol–water partition coefficient (Wildman–Crippen LogP) is 1.03. The van der Waals surface area contributed by atoms with Gasteiger partial charge >= 0.3 is 5.69 Å². The van der Waals surface area contributed by atoms with E-state index < -0.39 is 0 Å². The van der Waals surface area contributed by atoms with Crippen LogP contribution in [0.5, 0.6) is 0 Å². The van der Waals surface area contributed by atoms with Gasteiger partial charge in [-0.2, -0.15) is 0 Å². The molecule has 25 heavy (non-hydrogen) atoms. The molecule has 8 nitrogen and oxygen atoms in total. The first kappa shape index (κ1) is 15.3. The average Bonchev–Trinajstić information content (AvgIpc) is 3.25. The van der Waals surface area contributed by atoms with Gasteiger partial charge in [0.25, 0.3) is 5.56 Å². The van der Waals surface area contributed by atoms with Gasteiger partial charge in [-0.15, -0.1) is 0 Å². The molecule has 0 atom stereocenters. The Hall–Kier alpha value is -3.29. The van der Waals surface area contributed by atoms with Crippen LogP contribution < -0.4 is 16.6 Å². The van der Waals surface area contributed by atoms with Crippen LogP contribution in [0.3, 0.4) is 0 Å². The van der Waals surface area contributed by atoms with Gasteiger partial charge in [-0.25, -0.2) is 9.78 Å². The number of benzene rings is 1. The maximum Gasteiger partial charge on any atom is 0.332 e. The van der Waals surface area contributed by atoms with Crippen LogP contribution in [0.2, 0.25) is 0 Å². The fourth-order valence-corrected chi connectivity index (χ4v) is 3.11. The van der Waals surface area contributed by atoms with E-state index in [0.717, 1.165) is 21.2 Å². The number of rotatable bonds is 4. The summed E-state index contributed by atoms with van der Waals surface area (Å²) >= 11 is 0. The van der Waals surface area contributed by atoms with Crippen molar-refractivity contribution in [2.45, 2.75) is 6.54 Å². The van der Waals surface area contributed by atoms with Crippen molar-refractivity contribution in [2.75, 3.05) is 11.9 Å². The zero-order valence-corrected chi connectivity index (χ0v) is 14.0. The second kappa shape index (κ2) is 5.66. The van der Waals surface area contributed by atoms with Crippen LogP contribution in [0.25, 0.3) is 22.1 Å². The van der Waals surface area contributed by atoms with Crippen molar-refractivity contribution < 1.29 is 0 Å². The van der Waals surface area contributed by atoms with Gasteiger partial charge in [0.15, 0.2) is 11.2 Å².